The Bertz CT molecular complexity index is 1100. The number of nitrogens with zero attached hydrogens (tertiary/aromatic N) is 2. The first kappa shape index (κ1) is 30.1. The van der Waals surface area contributed by atoms with Crippen LogP contribution >= 0.6 is 0 Å². The molecule has 1 heterocycles. The molecule has 1 aromatic heterocycles. The van der Waals surface area contributed by atoms with E-state index in [1.807, 2.05) is 42.7 Å². The fraction of sp³-hybridized carbons (Fsp3) is 0.500. The monoisotopic (exact) mass is 535 g/mol. The van der Waals surface area contributed by atoms with Gasteiger partial charge in [-0.1, -0.05) is 95.0 Å². The van der Waals surface area contributed by atoms with Gasteiger partial charge in [-0.05, 0) is 24.0 Å². The smallest absolute Gasteiger partial charge is 0.254 e. The van der Waals surface area contributed by atoms with Crippen LogP contribution in [0.5, 0.6) is 17.2 Å². The summed E-state index contributed by atoms with van der Waals surface area (Å²) in [6, 6.07) is 12.5. The first-order valence-electron chi connectivity index (χ1n) is 14.3. The van der Waals surface area contributed by atoms with Crippen LogP contribution in [0.3, 0.4) is 0 Å². The van der Waals surface area contributed by atoms with Crippen LogP contribution in [-0.2, 0) is 11.2 Å². The Balaban J connectivity index is 1.65. The van der Waals surface area contributed by atoms with Gasteiger partial charge >= 0.3 is 0 Å². The molecule has 0 saturated carbocycles. The number of anilines is 1. The predicted octanol–water partition coefficient (Wildman–Crippen LogP) is 7.60. The first-order valence-corrected chi connectivity index (χ1v) is 14.3. The zero-order valence-corrected chi connectivity index (χ0v) is 24.1. The molecule has 39 heavy (non-hydrogen) atoms. The summed E-state index contributed by atoms with van der Waals surface area (Å²) in [5.74, 6) is 1.24. The summed E-state index contributed by atoms with van der Waals surface area (Å²) < 4.78 is 18.1. The van der Waals surface area contributed by atoms with Gasteiger partial charge in [-0.15, -0.1) is 0 Å². The van der Waals surface area contributed by atoms with Crippen LogP contribution in [0.4, 0.5) is 5.69 Å². The van der Waals surface area contributed by atoms with E-state index in [1.165, 1.54) is 57.8 Å². The maximum absolute atomic E-state index is 13.7. The molecule has 7 heteroatoms. The number of amides is 1. The van der Waals surface area contributed by atoms with Crippen LogP contribution in [0, 0.1) is 0 Å². The molecule has 0 bridgehead atoms. The lowest BCUT2D eigenvalue weighted by Gasteiger charge is -2.20. The second-order valence-corrected chi connectivity index (χ2v) is 9.97. The minimum atomic E-state index is -0.649. The fourth-order valence-corrected chi connectivity index (χ4v) is 4.84. The van der Waals surface area contributed by atoms with Crippen molar-refractivity contribution >= 4 is 11.6 Å². The van der Waals surface area contributed by atoms with E-state index in [1.54, 1.807) is 38.1 Å². The summed E-state index contributed by atoms with van der Waals surface area (Å²) in [7, 11) is 4.67. The fourth-order valence-electron chi connectivity index (χ4n) is 4.84. The number of carbonyl (C=O) groups excluding carboxylic acids is 1. The lowest BCUT2D eigenvalue weighted by molar-refractivity contribution is -0.118. The molecule has 0 fully saturated rings. The molecule has 7 nitrogen and oxygen atoms in total. The molecule has 0 saturated heterocycles. The lowest BCUT2D eigenvalue weighted by atomic mass is 10.0. The van der Waals surface area contributed by atoms with E-state index in [-0.39, 0.29) is 5.91 Å². The van der Waals surface area contributed by atoms with Gasteiger partial charge in [-0.3, -0.25) is 9.48 Å². The van der Waals surface area contributed by atoms with Crippen LogP contribution in [0.25, 0.3) is 0 Å². The molecule has 3 aromatic rings. The molecular formula is C32H45N3O4. The molecule has 212 valence electrons. The molecule has 0 spiro atoms. The van der Waals surface area contributed by atoms with E-state index in [2.05, 4.69) is 17.3 Å². The summed E-state index contributed by atoms with van der Waals surface area (Å²) >= 11 is 0. The zero-order chi connectivity index (χ0) is 27.9. The average Bonchev–Trinajstić information content (AvgIpc) is 3.42. The van der Waals surface area contributed by atoms with Crippen molar-refractivity contribution < 1.29 is 19.0 Å². The van der Waals surface area contributed by atoms with Crippen molar-refractivity contribution in [2.45, 2.75) is 83.6 Å². The summed E-state index contributed by atoms with van der Waals surface area (Å²) in [6.07, 6.45) is 17.9. The second kappa shape index (κ2) is 16.5. The summed E-state index contributed by atoms with van der Waals surface area (Å²) in [4.78, 5) is 13.7. The summed E-state index contributed by atoms with van der Waals surface area (Å²) in [5, 5.41) is 7.63. The normalized spacial score (nSPS) is 11.7. The van der Waals surface area contributed by atoms with Crippen LogP contribution in [0.15, 0.2) is 54.9 Å². The number of nitrogens with one attached hydrogen (secondary N) is 1. The van der Waals surface area contributed by atoms with Gasteiger partial charge in [0.15, 0.2) is 6.04 Å². The predicted molar refractivity (Wildman–Crippen MR) is 157 cm³/mol. The quantitative estimate of drug-likeness (QED) is 0.170. The van der Waals surface area contributed by atoms with E-state index in [0.717, 1.165) is 24.0 Å². The van der Waals surface area contributed by atoms with Crippen LogP contribution in [0.1, 0.15) is 88.3 Å². The molecule has 0 aliphatic heterocycles. The molecule has 0 aliphatic carbocycles. The van der Waals surface area contributed by atoms with Gasteiger partial charge in [0.25, 0.3) is 5.91 Å². The topological polar surface area (TPSA) is 74.6 Å². The number of hydrogen-bond donors (Lipinski definition) is 1. The number of carbonyl (C=O) groups is 1. The third kappa shape index (κ3) is 9.05. The Morgan fingerprint density at radius 2 is 1.44 bits per heavy atom. The number of methoxy groups -OCH3 is 3. The van der Waals surface area contributed by atoms with Crippen LogP contribution in [0.2, 0.25) is 0 Å². The SMILES string of the molecule is CCCCCCCCCCCCc1cnn([C@H](C(=O)Nc2c(OC)cc(OC)cc2OC)c2ccccc2)c1. The van der Waals surface area contributed by atoms with Crippen molar-refractivity contribution in [2.75, 3.05) is 26.6 Å². The number of hydrogen-bond acceptors (Lipinski definition) is 5. The second-order valence-electron chi connectivity index (χ2n) is 9.97. The van der Waals surface area contributed by atoms with Crippen molar-refractivity contribution in [3.05, 3.63) is 66.0 Å². The molecule has 3 rings (SSSR count). The zero-order valence-electron chi connectivity index (χ0n) is 24.1. The average molecular weight is 536 g/mol. The van der Waals surface area contributed by atoms with Crippen molar-refractivity contribution in [2.24, 2.45) is 0 Å². The number of ether oxygens (including phenoxy) is 3. The molecule has 1 amide bonds. The number of benzene rings is 2. The standard InChI is InChI=1S/C32H45N3O4/c1-5-6-7-8-9-10-11-12-13-15-18-25-23-33-35(24-25)31(26-19-16-14-17-20-26)32(36)34-30-28(38-3)21-27(37-2)22-29(30)39-4/h14,16-17,19-24,31H,5-13,15,18H2,1-4H3,(H,34,36)/t31-/m0/s1. The molecule has 0 unspecified atom stereocenters. The third-order valence-electron chi connectivity index (χ3n) is 7.07. The van der Waals surface area contributed by atoms with E-state index in [9.17, 15) is 4.79 Å². The van der Waals surface area contributed by atoms with Gasteiger partial charge in [0, 0.05) is 18.3 Å². The number of unbranched alkanes of at least 4 members (excludes halogenated alkanes) is 9. The maximum atomic E-state index is 13.7. The Hall–Kier alpha value is -3.48. The van der Waals surface area contributed by atoms with Gasteiger partial charge < -0.3 is 19.5 Å². The molecule has 1 atom stereocenters. The largest absolute Gasteiger partial charge is 0.496 e. The van der Waals surface area contributed by atoms with E-state index < -0.39 is 6.04 Å². The van der Waals surface area contributed by atoms with Gasteiger partial charge in [-0.2, -0.15) is 5.10 Å². The minimum Gasteiger partial charge on any atom is -0.496 e. The highest BCUT2D eigenvalue weighted by Crippen LogP contribution is 2.39. The highest BCUT2D eigenvalue weighted by Gasteiger charge is 2.26. The maximum Gasteiger partial charge on any atom is 0.254 e. The lowest BCUT2D eigenvalue weighted by Crippen LogP contribution is -2.27. The van der Waals surface area contributed by atoms with Crippen molar-refractivity contribution in [1.29, 1.82) is 0 Å². The van der Waals surface area contributed by atoms with Crippen molar-refractivity contribution in [3.8, 4) is 17.2 Å². The Labute approximate surface area is 233 Å². The van der Waals surface area contributed by atoms with E-state index >= 15 is 0 Å². The van der Waals surface area contributed by atoms with Gasteiger partial charge in [0.2, 0.25) is 0 Å². The molecule has 0 aliphatic rings. The first-order chi connectivity index (χ1) is 19.1. The Morgan fingerprint density at radius 3 is 2.00 bits per heavy atom. The van der Waals surface area contributed by atoms with Crippen LogP contribution in [-0.4, -0.2) is 37.0 Å². The molecule has 0 radical (unpaired) electrons. The molecular weight excluding hydrogens is 490 g/mol. The van der Waals surface area contributed by atoms with E-state index in [4.69, 9.17) is 14.2 Å². The third-order valence-corrected chi connectivity index (χ3v) is 7.07. The van der Waals surface area contributed by atoms with Crippen molar-refractivity contribution in [3.63, 3.8) is 0 Å². The van der Waals surface area contributed by atoms with Crippen molar-refractivity contribution in [1.82, 2.24) is 9.78 Å². The number of aromatic nitrogens is 2. The van der Waals surface area contributed by atoms with Gasteiger partial charge in [-0.25, -0.2) is 0 Å². The van der Waals surface area contributed by atoms with Crippen LogP contribution < -0.4 is 19.5 Å². The Kier molecular flexibility index (Phi) is 12.7. The highest BCUT2D eigenvalue weighted by molar-refractivity contribution is 5.98. The number of aryl methyl sites for hydroxylation is 1. The minimum absolute atomic E-state index is 0.239. The van der Waals surface area contributed by atoms with Gasteiger partial charge in [0.05, 0.1) is 27.5 Å². The molecule has 2 aromatic carbocycles. The summed E-state index contributed by atoms with van der Waals surface area (Å²) in [6.45, 7) is 2.26. The number of rotatable bonds is 18. The van der Waals surface area contributed by atoms with Gasteiger partial charge in [0.1, 0.15) is 22.9 Å². The summed E-state index contributed by atoms with van der Waals surface area (Å²) in [5.41, 5.74) is 2.43. The van der Waals surface area contributed by atoms with E-state index in [0.29, 0.717) is 22.9 Å². The Morgan fingerprint density at radius 1 is 0.846 bits per heavy atom. The molecule has 1 N–H and O–H groups in total. The highest BCUT2D eigenvalue weighted by atomic mass is 16.5.